The van der Waals surface area contributed by atoms with E-state index in [9.17, 15) is 9.50 Å². The van der Waals surface area contributed by atoms with Crippen LogP contribution in [0.25, 0.3) is 5.95 Å². The number of fused-ring (bicyclic) bond motifs is 1. The molecule has 162 valence electrons. The number of morpholine rings is 1. The standard InChI is InChI=1S/C20H28FN7O2/c1-25-4-6-26(7-5-25)14-2-3-17-15(12-14)19(29)28(24-17)20-22-13-16(21)18(23-20)27-8-10-30-11-9-27/h13-14,29H,2-12H2,1H3. The van der Waals surface area contributed by atoms with Gasteiger partial charge in [0.25, 0.3) is 5.95 Å². The monoisotopic (exact) mass is 417 g/mol. The molecule has 9 nitrogen and oxygen atoms in total. The van der Waals surface area contributed by atoms with Crippen LogP contribution in [0.2, 0.25) is 0 Å². The Labute approximate surface area is 175 Å². The molecule has 0 saturated carbocycles. The fourth-order valence-electron chi connectivity index (χ4n) is 4.62. The van der Waals surface area contributed by atoms with Gasteiger partial charge in [-0.15, -0.1) is 0 Å². The molecule has 0 radical (unpaired) electrons. The zero-order valence-corrected chi connectivity index (χ0v) is 17.3. The number of halogens is 1. The second kappa shape index (κ2) is 8.09. The Hall–Kier alpha value is -2.30. The van der Waals surface area contributed by atoms with Gasteiger partial charge in [-0.3, -0.25) is 4.90 Å². The van der Waals surface area contributed by atoms with E-state index in [0.717, 1.165) is 62.9 Å². The van der Waals surface area contributed by atoms with Gasteiger partial charge in [-0.1, -0.05) is 0 Å². The van der Waals surface area contributed by atoms with Crippen molar-refractivity contribution >= 4 is 5.82 Å². The van der Waals surface area contributed by atoms with E-state index in [2.05, 4.69) is 31.9 Å². The van der Waals surface area contributed by atoms with Crippen LogP contribution >= 0.6 is 0 Å². The Balaban J connectivity index is 1.40. The lowest BCUT2D eigenvalue weighted by atomic mass is 9.91. The van der Waals surface area contributed by atoms with Gasteiger partial charge in [-0.25, -0.2) is 9.37 Å². The summed E-state index contributed by atoms with van der Waals surface area (Å²) in [7, 11) is 2.15. The van der Waals surface area contributed by atoms with Crippen molar-refractivity contribution in [2.24, 2.45) is 0 Å². The predicted molar refractivity (Wildman–Crippen MR) is 109 cm³/mol. The summed E-state index contributed by atoms with van der Waals surface area (Å²) in [5, 5.41) is 15.5. The van der Waals surface area contributed by atoms with Gasteiger partial charge < -0.3 is 19.6 Å². The van der Waals surface area contributed by atoms with Gasteiger partial charge in [0.15, 0.2) is 11.6 Å². The summed E-state index contributed by atoms with van der Waals surface area (Å²) in [6.45, 7) is 6.46. The van der Waals surface area contributed by atoms with Crippen molar-refractivity contribution in [3.05, 3.63) is 23.3 Å². The van der Waals surface area contributed by atoms with E-state index in [-0.39, 0.29) is 17.6 Å². The van der Waals surface area contributed by atoms with Crippen LogP contribution in [0.4, 0.5) is 10.2 Å². The highest BCUT2D eigenvalue weighted by molar-refractivity contribution is 5.44. The average molecular weight is 417 g/mol. The summed E-state index contributed by atoms with van der Waals surface area (Å²) in [5.74, 6) is 0.0166. The third-order valence-corrected chi connectivity index (χ3v) is 6.46. The lowest BCUT2D eigenvalue weighted by molar-refractivity contribution is 0.103. The van der Waals surface area contributed by atoms with E-state index in [1.165, 1.54) is 4.68 Å². The van der Waals surface area contributed by atoms with Gasteiger partial charge in [0.05, 0.1) is 25.1 Å². The number of nitrogens with zero attached hydrogens (tertiary/aromatic N) is 7. The largest absolute Gasteiger partial charge is 0.493 e. The highest BCUT2D eigenvalue weighted by atomic mass is 19.1. The number of rotatable bonds is 3. The molecule has 2 aliphatic heterocycles. The molecule has 3 aliphatic rings. The molecule has 4 heterocycles. The van der Waals surface area contributed by atoms with Crippen molar-refractivity contribution in [2.75, 3.05) is 64.4 Å². The number of hydrogen-bond donors (Lipinski definition) is 1. The third kappa shape index (κ3) is 3.63. The maximum Gasteiger partial charge on any atom is 0.255 e. The molecule has 10 heteroatoms. The van der Waals surface area contributed by atoms with E-state index in [4.69, 9.17) is 4.74 Å². The van der Waals surface area contributed by atoms with E-state index < -0.39 is 5.82 Å². The number of aryl methyl sites for hydroxylation is 1. The third-order valence-electron chi connectivity index (χ3n) is 6.46. The molecule has 1 atom stereocenters. The van der Waals surface area contributed by atoms with Crippen LogP contribution < -0.4 is 4.90 Å². The number of likely N-dealkylation sites (N-methyl/N-ethyl adjacent to an activating group) is 1. The Morgan fingerprint density at radius 2 is 1.90 bits per heavy atom. The van der Waals surface area contributed by atoms with Crippen molar-refractivity contribution in [1.29, 1.82) is 0 Å². The van der Waals surface area contributed by atoms with Gasteiger partial charge >= 0.3 is 0 Å². The molecule has 1 aliphatic carbocycles. The van der Waals surface area contributed by atoms with Gasteiger partial charge in [-0.2, -0.15) is 14.8 Å². The highest BCUT2D eigenvalue weighted by Gasteiger charge is 2.32. The molecule has 2 fully saturated rings. The number of ether oxygens (including phenoxy) is 1. The van der Waals surface area contributed by atoms with E-state index >= 15 is 0 Å². The van der Waals surface area contributed by atoms with E-state index in [1.807, 2.05) is 4.90 Å². The second-order valence-electron chi connectivity index (χ2n) is 8.34. The Bertz CT molecular complexity index is 907. The molecule has 0 spiro atoms. The number of aromatic nitrogens is 4. The summed E-state index contributed by atoms with van der Waals surface area (Å²) < 4.78 is 21.1. The van der Waals surface area contributed by atoms with Crippen LogP contribution in [-0.4, -0.2) is 100 Å². The molecule has 0 amide bonds. The summed E-state index contributed by atoms with van der Waals surface area (Å²) >= 11 is 0. The van der Waals surface area contributed by atoms with Crippen molar-refractivity contribution in [1.82, 2.24) is 29.5 Å². The summed E-state index contributed by atoms with van der Waals surface area (Å²) in [4.78, 5) is 15.2. The summed E-state index contributed by atoms with van der Waals surface area (Å²) in [6.07, 6.45) is 3.75. The Morgan fingerprint density at radius 1 is 1.13 bits per heavy atom. The first-order chi connectivity index (χ1) is 14.6. The predicted octanol–water partition coefficient (Wildman–Crippen LogP) is 0.448. The molecule has 2 saturated heterocycles. The summed E-state index contributed by atoms with van der Waals surface area (Å²) in [5.41, 5.74) is 1.75. The minimum absolute atomic E-state index is 0.0726. The molecule has 2 aromatic rings. The Morgan fingerprint density at radius 3 is 2.67 bits per heavy atom. The van der Waals surface area contributed by atoms with E-state index in [1.54, 1.807) is 0 Å². The van der Waals surface area contributed by atoms with Crippen LogP contribution in [0.3, 0.4) is 0 Å². The maximum atomic E-state index is 14.4. The first-order valence-electron chi connectivity index (χ1n) is 10.7. The zero-order chi connectivity index (χ0) is 20.7. The fraction of sp³-hybridized carbons (Fsp3) is 0.650. The molecular formula is C20H28FN7O2. The number of anilines is 1. The molecule has 2 aromatic heterocycles. The molecule has 0 bridgehead atoms. The van der Waals surface area contributed by atoms with Gasteiger partial charge in [0.1, 0.15) is 0 Å². The number of hydrogen-bond acceptors (Lipinski definition) is 8. The van der Waals surface area contributed by atoms with Crippen LogP contribution in [0, 0.1) is 5.82 Å². The van der Waals surface area contributed by atoms with Crippen LogP contribution in [0.5, 0.6) is 5.88 Å². The van der Waals surface area contributed by atoms with Crippen molar-refractivity contribution in [3.63, 3.8) is 0 Å². The SMILES string of the molecule is CN1CCN(C2CCc3nn(-c4ncc(F)c(N5CCOCC5)n4)c(O)c3C2)CC1. The molecule has 30 heavy (non-hydrogen) atoms. The van der Waals surface area contributed by atoms with Gasteiger partial charge in [0.2, 0.25) is 5.88 Å². The maximum absolute atomic E-state index is 14.4. The zero-order valence-electron chi connectivity index (χ0n) is 17.3. The first-order valence-corrected chi connectivity index (χ1v) is 10.7. The van der Waals surface area contributed by atoms with Gasteiger partial charge in [-0.05, 0) is 26.3 Å². The molecular weight excluding hydrogens is 389 g/mol. The molecule has 5 rings (SSSR count). The highest BCUT2D eigenvalue weighted by Crippen LogP contribution is 2.32. The lowest BCUT2D eigenvalue weighted by Crippen LogP contribution is -2.50. The Kier molecular flexibility index (Phi) is 5.30. The van der Waals surface area contributed by atoms with Crippen LogP contribution in [-0.2, 0) is 17.6 Å². The van der Waals surface area contributed by atoms with Gasteiger partial charge in [0, 0.05) is 50.9 Å². The number of aromatic hydroxyl groups is 1. The van der Waals surface area contributed by atoms with E-state index in [0.29, 0.717) is 32.3 Å². The molecule has 1 N–H and O–H groups in total. The van der Waals surface area contributed by atoms with Crippen molar-refractivity contribution in [2.45, 2.75) is 25.3 Å². The first kappa shape index (κ1) is 19.7. The van der Waals surface area contributed by atoms with Crippen LogP contribution in [0.15, 0.2) is 6.20 Å². The minimum atomic E-state index is -0.479. The number of piperazine rings is 1. The van der Waals surface area contributed by atoms with Crippen molar-refractivity contribution in [3.8, 4) is 11.8 Å². The smallest absolute Gasteiger partial charge is 0.255 e. The van der Waals surface area contributed by atoms with Crippen molar-refractivity contribution < 1.29 is 14.2 Å². The molecule has 1 unspecified atom stereocenters. The molecule has 0 aromatic carbocycles. The quantitative estimate of drug-likeness (QED) is 0.771. The van der Waals surface area contributed by atoms with Crippen LogP contribution in [0.1, 0.15) is 17.7 Å². The summed E-state index contributed by atoms with van der Waals surface area (Å²) in [6, 6.07) is 0.410. The fourth-order valence-corrected chi connectivity index (χ4v) is 4.62. The average Bonchev–Trinajstić information content (AvgIpc) is 3.11. The topological polar surface area (TPSA) is 82.8 Å². The second-order valence-corrected chi connectivity index (χ2v) is 8.34. The minimum Gasteiger partial charge on any atom is -0.493 e. The normalized spacial score (nSPS) is 23.5. The lowest BCUT2D eigenvalue weighted by Gasteiger charge is -2.39.